The third-order valence-corrected chi connectivity index (χ3v) is 2.68. The Bertz CT molecular complexity index is 108. The van der Waals surface area contributed by atoms with E-state index in [0.717, 1.165) is 19.6 Å². The maximum absolute atomic E-state index is 2.35. The van der Waals surface area contributed by atoms with Crippen LogP contribution in [0.15, 0.2) is 0 Å². The highest BCUT2D eigenvalue weighted by molar-refractivity contribution is 6.49. The van der Waals surface area contributed by atoms with Crippen molar-refractivity contribution in [3.63, 3.8) is 0 Å². The second kappa shape index (κ2) is 6.41. The van der Waals surface area contributed by atoms with Gasteiger partial charge in [-0.3, -0.25) is 0 Å². The van der Waals surface area contributed by atoms with Crippen molar-refractivity contribution < 1.29 is 0 Å². The summed E-state index contributed by atoms with van der Waals surface area (Å²) in [6.45, 7) is 9.83. The molecule has 0 fully saturated rings. The molecule has 0 N–H and O–H groups in total. The van der Waals surface area contributed by atoms with Crippen LogP contribution < -0.4 is 0 Å². The molecule has 0 atom stereocenters. The summed E-state index contributed by atoms with van der Waals surface area (Å²) in [4.78, 5) is 7.06. The van der Waals surface area contributed by atoms with Crippen LogP contribution in [0.25, 0.3) is 0 Å². The summed E-state index contributed by atoms with van der Waals surface area (Å²) < 4.78 is 0. The van der Waals surface area contributed by atoms with E-state index in [1.165, 1.54) is 0 Å². The van der Waals surface area contributed by atoms with E-state index < -0.39 is 0 Å². The number of rotatable bonds is 6. The van der Waals surface area contributed by atoms with Gasteiger partial charge in [-0.15, -0.1) is 0 Å². The fourth-order valence-electron chi connectivity index (χ4n) is 1.50. The Morgan fingerprint density at radius 3 is 1.08 bits per heavy atom. The maximum Gasteiger partial charge on any atom is 0.402 e. The molecular weight excluding hydrogens is 161 g/mol. The summed E-state index contributed by atoms with van der Waals surface area (Å²) >= 11 is 0. The zero-order chi connectivity index (χ0) is 10.4. The van der Waals surface area contributed by atoms with Gasteiger partial charge in [0.05, 0.1) is 0 Å². The van der Waals surface area contributed by atoms with Gasteiger partial charge in [0, 0.05) is 0 Å². The number of nitrogens with zero attached hydrogens (tertiary/aromatic N) is 3. The summed E-state index contributed by atoms with van der Waals surface area (Å²) in [7, 11) is 6.94. The van der Waals surface area contributed by atoms with E-state index in [9.17, 15) is 0 Å². The third-order valence-electron chi connectivity index (χ3n) is 2.68. The molecule has 0 saturated carbocycles. The van der Waals surface area contributed by atoms with Crippen molar-refractivity contribution >= 4 is 7.12 Å². The molecule has 0 radical (unpaired) electrons. The Morgan fingerprint density at radius 1 is 0.692 bits per heavy atom. The van der Waals surface area contributed by atoms with Gasteiger partial charge in [-0.05, 0) is 40.8 Å². The van der Waals surface area contributed by atoms with Crippen molar-refractivity contribution in [1.29, 1.82) is 0 Å². The average molecular weight is 185 g/mol. The van der Waals surface area contributed by atoms with Crippen molar-refractivity contribution in [2.24, 2.45) is 0 Å². The van der Waals surface area contributed by atoms with Crippen molar-refractivity contribution in [3.05, 3.63) is 0 Å². The summed E-state index contributed by atoms with van der Waals surface area (Å²) in [6.07, 6.45) is 0. The summed E-state index contributed by atoms with van der Waals surface area (Å²) in [5, 5.41) is 0. The molecule has 78 valence electrons. The lowest BCUT2D eigenvalue weighted by atomic mass is 9.85. The Morgan fingerprint density at radius 2 is 0.923 bits per heavy atom. The molecule has 0 rings (SSSR count). The van der Waals surface area contributed by atoms with Crippen LogP contribution >= 0.6 is 0 Å². The zero-order valence-corrected chi connectivity index (χ0v) is 10.0. The summed E-state index contributed by atoms with van der Waals surface area (Å²) in [5.74, 6) is 0. The van der Waals surface area contributed by atoms with Gasteiger partial charge in [-0.2, -0.15) is 0 Å². The van der Waals surface area contributed by atoms with Crippen LogP contribution in [-0.4, -0.2) is 62.3 Å². The van der Waals surface area contributed by atoms with Crippen LogP contribution in [-0.2, 0) is 0 Å². The molecule has 0 aliphatic rings. The first-order valence-corrected chi connectivity index (χ1v) is 5.19. The van der Waals surface area contributed by atoms with Gasteiger partial charge in [0.1, 0.15) is 0 Å². The fraction of sp³-hybridized carbons (Fsp3) is 1.00. The van der Waals surface area contributed by atoms with Gasteiger partial charge < -0.3 is 14.4 Å². The highest BCUT2D eigenvalue weighted by Gasteiger charge is 2.27. The Kier molecular flexibility index (Phi) is 6.38. The Labute approximate surface area is 83.8 Å². The van der Waals surface area contributed by atoms with Gasteiger partial charge in [-0.1, -0.05) is 20.8 Å². The molecule has 0 heterocycles. The normalized spacial score (nSPS) is 11.8. The van der Waals surface area contributed by atoms with Crippen molar-refractivity contribution in [3.8, 4) is 0 Å². The van der Waals surface area contributed by atoms with E-state index in [4.69, 9.17) is 0 Å². The average Bonchev–Trinajstić information content (AvgIpc) is 2.16. The molecule has 4 heteroatoms. The molecule has 0 spiro atoms. The van der Waals surface area contributed by atoms with E-state index >= 15 is 0 Å². The quantitative estimate of drug-likeness (QED) is 0.567. The molecule has 0 aromatic rings. The van der Waals surface area contributed by atoms with E-state index in [-0.39, 0.29) is 0 Å². The van der Waals surface area contributed by atoms with Crippen LogP contribution in [0.2, 0.25) is 0 Å². The minimum atomic E-state index is 0.431. The first-order valence-electron chi connectivity index (χ1n) is 5.19. The second-order valence-electron chi connectivity index (χ2n) is 3.57. The molecule has 0 aromatic carbocycles. The lowest BCUT2D eigenvalue weighted by molar-refractivity contribution is 0.352. The lowest BCUT2D eigenvalue weighted by Gasteiger charge is -2.36. The van der Waals surface area contributed by atoms with Gasteiger partial charge in [0.25, 0.3) is 0 Å². The van der Waals surface area contributed by atoms with E-state index in [2.05, 4.69) is 56.3 Å². The standard InChI is InChI=1S/C9H24BN3/c1-7-11(4)10(12(5)8-2)13(6)9-3/h7-9H2,1-6H3. The third kappa shape index (κ3) is 3.67. The Hall–Kier alpha value is -0.0551. The molecule has 0 saturated heterocycles. The van der Waals surface area contributed by atoms with Gasteiger partial charge in [0.2, 0.25) is 0 Å². The highest BCUT2D eigenvalue weighted by atomic mass is 15.3. The number of hydrogen-bond donors (Lipinski definition) is 0. The molecule has 0 bridgehead atoms. The molecule has 0 unspecified atom stereocenters. The van der Waals surface area contributed by atoms with Crippen LogP contribution in [0.1, 0.15) is 20.8 Å². The molecule has 0 aromatic heterocycles. The predicted octanol–water partition coefficient (Wildman–Crippen LogP) is 0.826. The number of hydrogen-bond acceptors (Lipinski definition) is 3. The predicted molar refractivity (Wildman–Crippen MR) is 60.7 cm³/mol. The first kappa shape index (κ1) is 12.9. The molecule has 13 heavy (non-hydrogen) atoms. The van der Waals surface area contributed by atoms with E-state index in [1.54, 1.807) is 0 Å². The topological polar surface area (TPSA) is 9.72 Å². The molecule has 3 nitrogen and oxygen atoms in total. The SMILES string of the molecule is CCN(C)B(N(C)CC)N(C)CC. The molecule has 0 amide bonds. The van der Waals surface area contributed by atoms with E-state index in [0.29, 0.717) is 7.12 Å². The van der Waals surface area contributed by atoms with Gasteiger partial charge >= 0.3 is 7.12 Å². The fourth-order valence-corrected chi connectivity index (χ4v) is 1.50. The summed E-state index contributed by atoms with van der Waals surface area (Å²) in [6, 6.07) is 0. The van der Waals surface area contributed by atoms with Crippen LogP contribution in [0.4, 0.5) is 0 Å². The smallest absolute Gasteiger partial charge is 0.317 e. The van der Waals surface area contributed by atoms with Crippen molar-refractivity contribution in [1.82, 2.24) is 14.4 Å². The maximum atomic E-state index is 2.35. The van der Waals surface area contributed by atoms with Gasteiger partial charge in [-0.25, -0.2) is 0 Å². The lowest BCUT2D eigenvalue weighted by Crippen LogP contribution is -2.59. The van der Waals surface area contributed by atoms with Crippen LogP contribution in [0, 0.1) is 0 Å². The molecular formula is C9H24BN3. The van der Waals surface area contributed by atoms with Crippen molar-refractivity contribution in [2.45, 2.75) is 20.8 Å². The minimum Gasteiger partial charge on any atom is -0.317 e. The highest BCUT2D eigenvalue weighted by Crippen LogP contribution is 2.01. The minimum absolute atomic E-state index is 0.431. The molecule has 0 aliphatic heterocycles. The Balaban J connectivity index is 4.34. The largest absolute Gasteiger partial charge is 0.402 e. The summed E-state index contributed by atoms with van der Waals surface area (Å²) in [5.41, 5.74) is 0. The zero-order valence-electron chi connectivity index (χ0n) is 10.0. The first-order chi connectivity index (χ1) is 6.08. The monoisotopic (exact) mass is 185 g/mol. The second-order valence-corrected chi connectivity index (χ2v) is 3.57. The van der Waals surface area contributed by atoms with Gasteiger partial charge in [0.15, 0.2) is 0 Å². The molecule has 0 aliphatic carbocycles. The van der Waals surface area contributed by atoms with Crippen LogP contribution in [0.5, 0.6) is 0 Å². The van der Waals surface area contributed by atoms with E-state index in [1.807, 2.05) is 0 Å². The van der Waals surface area contributed by atoms with Crippen molar-refractivity contribution in [2.75, 3.05) is 40.8 Å². The van der Waals surface area contributed by atoms with Crippen LogP contribution in [0.3, 0.4) is 0 Å².